The number of rotatable bonds is 6. The monoisotopic (exact) mass is 351 g/mol. The highest BCUT2D eigenvalue weighted by molar-refractivity contribution is 5.75. The summed E-state index contributed by atoms with van der Waals surface area (Å²) in [5.41, 5.74) is -0.244. The van der Waals surface area contributed by atoms with Crippen LogP contribution in [0.3, 0.4) is 0 Å². The molecule has 2 aliphatic heterocycles. The van der Waals surface area contributed by atoms with Crippen LogP contribution < -0.4 is 0 Å². The Labute approximate surface area is 144 Å². The van der Waals surface area contributed by atoms with Gasteiger partial charge in [-0.15, -0.1) is 0 Å². The third-order valence-corrected chi connectivity index (χ3v) is 4.99. The summed E-state index contributed by atoms with van der Waals surface area (Å²) < 4.78 is 52.7. The first kappa shape index (κ1) is 16.8. The molecule has 2 fully saturated rings. The van der Waals surface area contributed by atoms with E-state index < -0.39 is 11.7 Å². The summed E-state index contributed by atoms with van der Waals surface area (Å²) in [5, 5.41) is 0. The normalized spacial score (nSPS) is 31.1. The van der Waals surface area contributed by atoms with Gasteiger partial charge < -0.3 is 9.47 Å². The lowest BCUT2D eigenvalue weighted by Crippen LogP contribution is -2.59. The van der Waals surface area contributed by atoms with Gasteiger partial charge in [-0.25, -0.2) is 0 Å². The third kappa shape index (κ3) is 3.52. The van der Waals surface area contributed by atoms with Crippen LogP contribution in [0.1, 0.15) is 12.0 Å². The van der Waals surface area contributed by atoms with E-state index in [0.29, 0.717) is 13.2 Å². The molecule has 0 saturated carbocycles. The van der Waals surface area contributed by atoms with Gasteiger partial charge in [0.2, 0.25) is 0 Å². The molecule has 1 aromatic carbocycles. The number of halogens is 3. The zero-order chi connectivity index (χ0) is 17.5. The number of benzene rings is 1. The molecule has 0 bridgehead atoms. The van der Waals surface area contributed by atoms with Crippen molar-refractivity contribution in [3.63, 3.8) is 0 Å². The number of epoxide rings is 2. The summed E-state index contributed by atoms with van der Waals surface area (Å²) in [5.74, 6) is 0. The maximum atomic E-state index is 14.1. The molecular formula is C19H20F3NO2. The largest absolute Gasteiger partial charge is 0.410 e. The minimum absolute atomic E-state index is 0.101. The quantitative estimate of drug-likeness (QED) is 0.735. The lowest BCUT2D eigenvalue weighted by molar-refractivity contribution is -0.215. The van der Waals surface area contributed by atoms with Crippen molar-refractivity contribution in [2.24, 2.45) is 0 Å². The molecule has 3 atom stereocenters. The molecule has 1 aliphatic carbocycles. The summed E-state index contributed by atoms with van der Waals surface area (Å²) in [6, 6.07) is 9.48. The van der Waals surface area contributed by atoms with E-state index in [1.165, 1.54) is 11.0 Å². The number of allylic oxidation sites excluding steroid dienone is 2. The molecule has 2 saturated heterocycles. The van der Waals surface area contributed by atoms with Crippen molar-refractivity contribution >= 4 is 5.57 Å². The molecular weight excluding hydrogens is 331 g/mol. The van der Waals surface area contributed by atoms with E-state index in [9.17, 15) is 13.2 Å². The molecule has 6 heteroatoms. The van der Waals surface area contributed by atoms with Crippen LogP contribution in [0.2, 0.25) is 0 Å². The van der Waals surface area contributed by atoms with Gasteiger partial charge in [0.1, 0.15) is 5.54 Å². The van der Waals surface area contributed by atoms with Gasteiger partial charge >= 0.3 is 6.18 Å². The van der Waals surface area contributed by atoms with Gasteiger partial charge in [-0.1, -0.05) is 48.6 Å². The van der Waals surface area contributed by atoms with E-state index in [2.05, 4.69) is 0 Å². The zero-order valence-electron chi connectivity index (χ0n) is 13.7. The summed E-state index contributed by atoms with van der Waals surface area (Å²) in [7, 11) is 0. The molecule has 0 amide bonds. The predicted molar refractivity (Wildman–Crippen MR) is 88.0 cm³/mol. The van der Waals surface area contributed by atoms with Crippen molar-refractivity contribution in [1.29, 1.82) is 0 Å². The first-order chi connectivity index (χ1) is 12.0. The van der Waals surface area contributed by atoms with Crippen molar-refractivity contribution in [3.05, 3.63) is 54.1 Å². The lowest BCUT2D eigenvalue weighted by atomic mass is 9.84. The summed E-state index contributed by atoms with van der Waals surface area (Å²) >= 11 is 0. The average molecular weight is 351 g/mol. The maximum Gasteiger partial charge on any atom is 0.410 e. The Bertz CT molecular complexity index is 664. The molecule has 0 aromatic heterocycles. The lowest BCUT2D eigenvalue weighted by Gasteiger charge is -2.43. The molecule has 4 rings (SSSR count). The van der Waals surface area contributed by atoms with Crippen molar-refractivity contribution in [2.75, 3.05) is 26.3 Å². The van der Waals surface area contributed by atoms with Gasteiger partial charge in [0.25, 0.3) is 0 Å². The first-order valence-corrected chi connectivity index (χ1v) is 8.48. The van der Waals surface area contributed by atoms with Crippen molar-refractivity contribution < 1.29 is 22.6 Å². The summed E-state index contributed by atoms with van der Waals surface area (Å²) in [4.78, 5) is 1.50. The minimum atomic E-state index is -4.37. The SMILES string of the molecule is FC(F)(F)C1(N(CC2CO2)CC2CO2)C=CC(c2ccccc2)=CC1. The van der Waals surface area contributed by atoms with Gasteiger partial charge in [0.15, 0.2) is 0 Å². The molecule has 3 aliphatic rings. The van der Waals surface area contributed by atoms with Gasteiger partial charge in [-0.3, -0.25) is 4.90 Å². The van der Waals surface area contributed by atoms with Crippen molar-refractivity contribution in [1.82, 2.24) is 4.90 Å². The minimum Gasteiger partial charge on any atom is -0.372 e. The van der Waals surface area contributed by atoms with Gasteiger partial charge in [-0.2, -0.15) is 13.2 Å². The van der Waals surface area contributed by atoms with Gasteiger partial charge in [-0.05, 0) is 17.6 Å². The number of hydrogen-bond donors (Lipinski definition) is 0. The topological polar surface area (TPSA) is 28.3 Å². The molecule has 3 nitrogen and oxygen atoms in total. The fourth-order valence-corrected chi connectivity index (χ4v) is 3.34. The van der Waals surface area contributed by atoms with E-state index in [1.54, 1.807) is 12.2 Å². The molecule has 2 heterocycles. The first-order valence-electron chi connectivity index (χ1n) is 8.48. The van der Waals surface area contributed by atoms with E-state index in [0.717, 1.165) is 11.1 Å². The standard InChI is InChI=1S/C19H20F3NO2/c20-19(21,22)18(23(10-16-12-24-16)11-17-13-25-17)8-6-15(7-9-18)14-4-2-1-3-5-14/h1-8,16-17H,9-13H2. The van der Waals surface area contributed by atoms with E-state index in [4.69, 9.17) is 9.47 Å². The highest BCUT2D eigenvalue weighted by Gasteiger charge is 2.58. The van der Waals surface area contributed by atoms with Crippen LogP contribution >= 0.6 is 0 Å². The van der Waals surface area contributed by atoms with Crippen LogP contribution in [0.25, 0.3) is 5.57 Å². The third-order valence-electron chi connectivity index (χ3n) is 4.99. The van der Waals surface area contributed by atoms with Crippen LogP contribution in [-0.2, 0) is 9.47 Å². The second kappa shape index (κ2) is 6.27. The molecule has 3 unspecified atom stereocenters. The molecule has 1 aromatic rings. The Balaban J connectivity index is 1.62. The van der Waals surface area contributed by atoms with E-state index in [-0.39, 0.29) is 31.7 Å². The predicted octanol–water partition coefficient (Wildman–Crippen LogP) is 3.43. The van der Waals surface area contributed by atoms with Crippen LogP contribution in [0, 0.1) is 0 Å². The Hall–Kier alpha value is -1.63. The van der Waals surface area contributed by atoms with E-state index in [1.807, 2.05) is 30.3 Å². The average Bonchev–Trinajstić information content (AvgIpc) is 3.50. The molecule has 0 spiro atoms. The number of alkyl halides is 3. The highest BCUT2D eigenvalue weighted by Crippen LogP contribution is 2.44. The number of hydrogen-bond acceptors (Lipinski definition) is 3. The van der Waals surface area contributed by atoms with Crippen molar-refractivity contribution in [3.8, 4) is 0 Å². The molecule has 25 heavy (non-hydrogen) atoms. The van der Waals surface area contributed by atoms with Crippen molar-refractivity contribution in [2.45, 2.75) is 30.3 Å². The van der Waals surface area contributed by atoms with Gasteiger partial charge in [0, 0.05) is 13.1 Å². The zero-order valence-corrected chi connectivity index (χ0v) is 13.7. The van der Waals surface area contributed by atoms with Gasteiger partial charge in [0.05, 0.1) is 25.4 Å². The summed E-state index contributed by atoms with van der Waals surface area (Å²) in [6.45, 7) is 1.62. The Morgan fingerprint density at radius 1 is 1.04 bits per heavy atom. The summed E-state index contributed by atoms with van der Waals surface area (Å²) in [6.07, 6.45) is -0.0715. The molecule has 134 valence electrons. The molecule has 0 radical (unpaired) electrons. The number of nitrogens with zero attached hydrogens (tertiary/aromatic N) is 1. The van der Waals surface area contributed by atoms with Crippen LogP contribution in [0.4, 0.5) is 13.2 Å². The smallest absolute Gasteiger partial charge is 0.372 e. The Morgan fingerprint density at radius 2 is 1.64 bits per heavy atom. The Morgan fingerprint density at radius 3 is 2.08 bits per heavy atom. The van der Waals surface area contributed by atoms with Crippen LogP contribution in [0.15, 0.2) is 48.6 Å². The van der Waals surface area contributed by atoms with Crippen LogP contribution in [-0.4, -0.2) is 55.1 Å². The maximum absolute atomic E-state index is 14.1. The molecule has 0 N–H and O–H groups in total. The highest BCUT2D eigenvalue weighted by atomic mass is 19.4. The number of ether oxygens (including phenoxy) is 2. The van der Waals surface area contributed by atoms with Crippen LogP contribution in [0.5, 0.6) is 0 Å². The fraction of sp³-hybridized carbons (Fsp3) is 0.474. The fourth-order valence-electron chi connectivity index (χ4n) is 3.34. The van der Waals surface area contributed by atoms with E-state index >= 15 is 0 Å². The Kier molecular flexibility index (Phi) is 4.22. The second-order valence-corrected chi connectivity index (χ2v) is 6.80. The second-order valence-electron chi connectivity index (χ2n) is 6.80.